The first kappa shape index (κ1) is 11.7. The van der Waals surface area contributed by atoms with Gasteiger partial charge in [-0.3, -0.25) is 4.79 Å². The van der Waals surface area contributed by atoms with Crippen molar-refractivity contribution < 1.29 is 9.53 Å². The number of fused-ring (bicyclic) bond motifs is 1. The van der Waals surface area contributed by atoms with Gasteiger partial charge in [-0.1, -0.05) is 6.07 Å². The Kier molecular flexibility index (Phi) is 3.77. The number of aromatic amines is 1. The van der Waals surface area contributed by atoms with Crippen LogP contribution in [-0.4, -0.2) is 31.2 Å². The number of hydrogen-bond acceptors (Lipinski definition) is 2. The molecule has 0 unspecified atom stereocenters. The van der Waals surface area contributed by atoms with Gasteiger partial charge in [0.15, 0.2) is 0 Å². The molecular weight excluding hydrogens is 216 g/mol. The number of H-pyrrole nitrogens is 1. The summed E-state index contributed by atoms with van der Waals surface area (Å²) in [4.78, 5) is 14.7. The standard InChI is InChI=1S/C13H16N2O2/c1-17-7-6-15-13(16)9-10-2-3-12-11(8-10)4-5-14-12/h2-5,8,14H,6-7,9H2,1H3,(H,15,16). The van der Waals surface area contributed by atoms with Gasteiger partial charge in [0.2, 0.25) is 5.91 Å². The molecule has 0 saturated carbocycles. The van der Waals surface area contributed by atoms with Gasteiger partial charge < -0.3 is 15.0 Å². The van der Waals surface area contributed by atoms with E-state index in [2.05, 4.69) is 10.3 Å². The van der Waals surface area contributed by atoms with Crippen LogP contribution in [-0.2, 0) is 16.0 Å². The molecule has 0 fully saturated rings. The van der Waals surface area contributed by atoms with Crippen LogP contribution in [0.2, 0.25) is 0 Å². The maximum atomic E-state index is 11.6. The predicted octanol–water partition coefficient (Wildman–Crippen LogP) is 1.47. The minimum absolute atomic E-state index is 0.0249. The van der Waals surface area contributed by atoms with Gasteiger partial charge in [0.25, 0.3) is 0 Å². The summed E-state index contributed by atoms with van der Waals surface area (Å²) >= 11 is 0. The van der Waals surface area contributed by atoms with Crippen LogP contribution in [0, 0.1) is 0 Å². The number of nitrogens with one attached hydrogen (secondary N) is 2. The van der Waals surface area contributed by atoms with E-state index in [9.17, 15) is 4.79 Å². The molecule has 2 rings (SSSR count). The normalized spacial score (nSPS) is 10.6. The van der Waals surface area contributed by atoms with Crippen molar-refractivity contribution in [1.29, 1.82) is 0 Å². The van der Waals surface area contributed by atoms with Gasteiger partial charge in [0.05, 0.1) is 13.0 Å². The van der Waals surface area contributed by atoms with E-state index in [1.165, 1.54) is 0 Å². The Morgan fingerprint density at radius 1 is 1.41 bits per heavy atom. The fourth-order valence-corrected chi connectivity index (χ4v) is 1.75. The molecule has 2 N–H and O–H groups in total. The molecule has 1 amide bonds. The first-order chi connectivity index (χ1) is 8.29. The third-order valence-electron chi connectivity index (χ3n) is 2.61. The molecule has 0 atom stereocenters. The predicted molar refractivity (Wildman–Crippen MR) is 66.9 cm³/mol. The van der Waals surface area contributed by atoms with E-state index >= 15 is 0 Å². The summed E-state index contributed by atoms with van der Waals surface area (Å²) in [6.07, 6.45) is 2.30. The van der Waals surface area contributed by atoms with Gasteiger partial charge >= 0.3 is 0 Å². The van der Waals surface area contributed by atoms with Gasteiger partial charge in [-0.15, -0.1) is 0 Å². The maximum absolute atomic E-state index is 11.6. The smallest absolute Gasteiger partial charge is 0.224 e. The highest BCUT2D eigenvalue weighted by Crippen LogP contribution is 2.14. The summed E-state index contributed by atoms with van der Waals surface area (Å²) in [7, 11) is 1.62. The quantitative estimate of drug-likeness (QED) is 0.767. The number of ether oxygens (including phenoxy) is 1. The van der Waals surface area contributed by atoms with E-state index in [1.807, 2.05) is 30.5 Å². The zero-order chi connectivity index (χ0) is 12.1. The van der Waals surface area contributed by atoms with E-state index in [-0.39, 0.29) is 5.91 Å². The molecule has 0 aliphatic heterocycles. The fraction of sp³-hybridized carbons (Fsp3) is 0.308. The second kappa shape index (κ2) is 5.50. The first-order valence-electron chi connectivity index (χ1n) is 5.61. The Labute approximate surface area is 100.0 Å². The largest absolute Gasteiger partial charge is 0.383 e. The van der Waals surface area contributed by atoms with Crippen LogP contribution in [0.15, 0.2) is 30.5 Å². The lowest BCUT2D eigenvalue weighted by molar-refractivity contribution is -0.120. The monoisotopic (exact) mass is 232 g/mol. The maximum Gasteiger partial charge on any atom is 0.224 e. The molecule has 1 heterocycles. The number of methoxy groups -OCH3 is 1. The third kappa shape index (κ3) is 3.07. The zero-order valence-electron chi connectivity index (χ0n) is 9.82. The summed E-state index contributed by atoms with van der Waals surface area (Å²) < 4.78 is 4.87. The number of benzene rings is 1. The SMILES string of the molecule is COCCNC(=O)Cc1ccc2[nH]ccc2c1. The average molecular weight is 232 g/mol. The number of aromatic nitrogens is 1. The lowest BCUT2D eigenvalue weighted by Gasteiger charge is -2.04. The molecule has 0 aliphatic carbocycles. The molecule has 0 aliphatic rings. The van der Waals surface area contributed by atoms with Crippen molar-refractivity contribution in [2.45, 2.75) is 6.42 Å². The number of rotatable bonds is 5. The number of hydrogen-bond donors (Lipinski definition) is 2. The Balaban J connectivity index is 1.95. The van der Waals surface area contributed by atoms with Crippen LogP contribution in [0.3, 0.4) is 0 Å². The summed E-state index contributed by atoms with van der Waals surface area (Å²) in [6.45, 7) is 1.10. The van der Waals surface area contributed by atoms with Gasteiger partial charge in [-0.2, -0.15) is 0 Å². The lowest BCUT2D eigenvalue weighted by Crippen LogP contribution is -2.28. The van der Waals surface area contributed by atoms with Gasteiger partial charge in [-0.25, -0.2) is 0 Å². The summed E-state index contributed by atoms with van der Waals surface area (Å²) in [5, 5.41) is 3.93. The molecule has 0 saturated heterocycles. The Bertz CT molecular complexity index is 505. The topological polar surface area (TPSA) is 54.1 Å². The molecule has 1 aromatic heterocycles. The van der Waals surface area contributed by atoms with E-state index in [0.29, 0.717) is 19.6 Å². The van der Waals surface area contributed by atoms with Crippen molar-refractivity contribution >= 4 is 16.8 Å². The Hall–Kier alpha value is -1.81. The number of carbonyl (C=O) groups excluding carboxylic acids is 1. The van der Waals surface area contributed by atoms with Crippen molar-refractivity contribution in [3.05, 3.63) is 36.0 Å². The molecule has 2 aromatic rings. The third-order valence-corrected chi connectivity index (χ3v) is 2.61. The van der Waals surface area contributed by atoms with Crippen LogP contribution >= 0.6 is 0 Å². The number of amides is 1. The molecular formula is C13H16N2O2. The molecule has 17 heavy (non-hydrogen) atoms. The number of carbonyl (C=O) groups is 1. The van der Waals surface area contributed by atoms with Crippen LogP contribution < -0.4 is 5.32 Å². The van der Waals surface area contributed by atoms with Crippen LogP contribution in [0.4, 0.5) is 0 Å². The van der Waals surface area contributed by atoms with E-state index in [4.69, 9.17) is 4.74 Å². The van der Waals surface area contributed by atoms with E-state index in [0.717, 1.165) is 16.5 Å². The lowest BCUT2D eigenvalue weighted by atomic mass is 10.1. The van der Waals surface area contributed by atoms with Gasteiger partial charge in [-0.05, 0) is 29.1 Å². The molecule has 1 aromatic carbocycles. The Morgan fingerprint density at radius 3 is 3.12 bits per heavy atom. The molecule has 0 radical (unpaired) electrons. The van der Waals surface area contributed by atoms with Crippen molar-refractivity contribution in [2.75, 3.05) is 20.3 Å². The van der Waals surface area contributed by atoms with Crippen molar-refractivity contribution in [2.24, 2.45) is 0 Å². The first-order valence-corrected chi connectivity index (χ1v) is 5.61. The van der Waals surface area contributed by atoms with Gasteiger partial charge in [0.1, 0.15) is 0 Å². The van der Waals surface area contributed by atoms with E-state index in [1.54, 1.807) is 7.11 Å². The van der Waals surface area contributed by atoms with Crippen LogP contribution in [0.25, 0.3) is 10.9 Å². The van der Waals surface area contributed by atoms with Crippen molar-refractivity contribution in [3.8, 4) is 0 Å². The summed E-state index contributed by atoms with van der Waals surface area (Å²) in [6, 6.07) is 7.99. The zero-order valence-corrected chi connectivity index (χ0v) is 9.82. The van der Waals surface area contributed by atoms with Crippen molar-refractivity contribution in [3.63, 3.8) is 0 Å². The summed E-state index contributed by atoms with van der Waals surface area (Å²) in [5.41, 5.74) is 2.11. The highest BCUT2D eigenvalue weighted by molar-refractivity contribution is 5.83. The molecule has 4 nitrogen and oxygen atoms in total. The van der Waals surface area contributed by atoms with E-state index < -0.39 is 0 Å². The minimum Gasteiger partial charge on any atom is -0.383 e. The fourth-order valence-electron chi connectivity index (χ4n) is 1.75. The molecule has 4 heteroatoms. The molecule has 90 valence electrons. The molecule has 0 bridgehead atoms. The molecule has 0 spiro atoms. The van der Waals surface area contributed by atoms with Crippen LogP contribution in [0.5, 0.6) is 0 Å². The van der Waals surface area contributed by atoms with Crippen LogP contribution in [0.1, 0.15) is 5.56 Å². The average Bonchev–Trinajstić information content (AvgIpc) is 2.76. The summed E-state index contributed by atoms with van der Waals surface area (Å²) in [5.74, 6) is 0.0249. The van der Waals surface area contributed by atoms with Gasteiger partial charge in [0, 0.05) is 25.4 Å². The highest BCUT2D eigenvalue weighted by atomic mass is 16.5. The highest BCUT2D eigenvalue weighted by Gasteiger charge is 2.03. The second-order valence-corrected chi connectivity index (χ2v) is 3.92. The van der Waals surface area contributed by atoms with Crippen molar-refractivity contribution in [1.82, 2.24) is 10.3 Å². The minimum atomic E-state index is 0.0249. The second-order valence-electron chi connectivity index (χ2n) is 3.92. The Morgan fingerprint density at radius 2 is 2.29 bits per heavy atom.